The second-order valence-electron chi connectivity index (χ2n) is 11.3. The summed E-state index contributed by atoms with van der Waals surface area (Å²) in [7, 11) is 3.06. The van der Waals surface area contributed by atoms with Gasteiger partial charge in [-0.2, -0.15) is 5.10 Å². The average molecular weight is 523 g/mol. The highest BCUT2D eigenvalue weighted by Gasteiger charge is 2.73. The van der Waals surface area contributed by atoms with Crippen LogP contribution < -0.4 is 9.47 Å². The number of hydrogen-bond donors (Lipinski definition) is 0. The average Bonchev–Trinajstić information content (AvgIpc) is 3.37. The van der Waals surface area contributed by atoms with Crippen LogP contribution >= 0.6 is 0 Å². The van der Waals surface area contributed by atoms with Crippen molar-refractivity contribution in [2.75, 3.05) is 14.2 Å². The SMILES string of the molecule is COc1cccc([C@H]2[C@H](C(=O)C(C)(C)C)N3N=Cc4ccccc4[C@@H]3C23C(=O)c2ccccc2C3=O)c1OC. The summed E-state index contributed by atoms with van der Waals surface area (Å²) < 4.78 is 11.5. The summed E-state index contributed by atoms with van der Waals surface area (Å²) in [4.78, 5) is 43.9. The van der Waals surface area contributed by atoms with Crippen molar-refractivity contribution < 1.29 is 23.9 Å². The number of Topliss-reactive ketones (excluding diaryl/α,β-unsaturated/α-hetero) is 3. The maximum atomic E-state index is 14.8. The van der Waals surface area contributed by atoms with Gasteiger partial charge in [0.25, 0.3) is 0 Å². The molecule has 0 aromatic heterocycles. The number of methoxy groups -OCH3 is 2. The summed E-state index contributed by atoms with van der Waals surface area (Å²) >= 11 is 0. The fraction of sp³-hybridized carbons (Fsp3) is 0.312. The van der Waals surface area contributed by atoms with E-state index in [-0.39, 0.29) is 17.3 Å². The first-order valence-corrected chi connectivity index (χ1v) is 13.0. The van der Waals surface area contributed by atoms with Gasteiger partial charge in [0.2, 0.25) is 0 Å². The van der Waals surface area contributed by atoms with Crippen molar-refractivity contribution in [3.05, 3.63) is 94.5 Å². The quantitative estimate of drug-likeness (QED) is 0.436. The van der Waals surface area contributed by atoms with Gasteiger partial charge in [-0.15, -0.1) is 0 Å². The van der Waals surface area contributed by atoms with E-state index in [1.165, 1.54) is 14.2 Å². The Hall–Kier alpha value is -4.26. The van der Waals surface area contributed by atoms with Gasteiger partial charge in [-0.25, -0.2) is 0 Å². The van der Waals surface area contributed by atoms with Crippen LogP contribution in [0.5, 0.6) is 11.5 Å². The molecule has 7 heteroatoms. The van der Waals surface area contributed by atoms with Gasteiger partial charge < -0.3 is 9.47 Å². The maximum absolute atomic E-state index is 14.8. The lowest BCUT2D eigenvalue weighted by molar-refractivity contribution is -0.131. The summed E-state index contributed by atoms with van der Waals surface area (Å²) in [5.41, 5.74) is 0.470. The molecule has 2 heterocycles. The number of carbonyl (C=O) groups excluding carboxylic acids is 3. The molecule has 6 rings (SSSR count). The molecule has 1 aliphatic carbocycles. The normalized spacial score (nSPS) is 22.5. The summed E-state index contributed by atoms with van der Waals surface area (Å²) in [5.74, 6) is -0.767. The highest BCUT2D eigenvalue weighted by atomic mass is 16.5. The number of benzene rings is 3. The number of fused-ring (bicyclic) bond motifs is 5. The van der Waals surface area contributed by atoms with Crippen LogP contribution in [0.3, 0.4) is 0 Å². The van der Waals surface area contributed by atoms with E-state index in [4.69, 9.17) is 14.6 Å². The van der Waals surface area contributed by atoms with E-state index in [0.29, 0.717) is 28.2 Å². The van der Waals surface area contributed by atoms with E-state index in [1.807, 2.05) is 51.1 Å². The van der Waals surface area contributed by atoms with Gasteiger partial charge in [-0.3, -0.25) is 19.4 Å². The Kier molecular flexibility index (Phi) is 5.54. The molecule has 1 fully saturated rings. The lowest BCUT2D eigenvalue weighted by Gasteiger charge is -2.36. The molecule has 3 aliphatic rings. The molecule has 2 aliphatic heterocycles. The van der Waals surface area contributed by atoms with Crippen molar-refractivity contribution in [3.8, 4) is 11.5 Å². The predicted molar refractivity (Wildman–Crippen MR) is 147 cm³/mol. The minimum absolute atomic E-state index is 0.118. The molecular weight excluding hydrogens is 492 g/mol. The third kappa shape index (κ3) is 3.22. The van der Waals surface area contributed by atoms with Crippen molar-refractivity contribution in [2.45, 2.75) is 38.8 Å². The van der Waals surface area contributed by atoms with E-state index in [2.05, 4.69) is 0 Å². The number of para-hydroxylation sites is 1. The predicted octanol–water partition coefficient (Wildman–Crippen LogP) is 5.24. The lowest BCUT2D eigenvalue weighted by atomic mass is 9.62. The van der Waals surface area contributed by atoms with E-state index in [9.17, 15) is 14.4 Å². The van der Waals surface area contributed by atoms with E-state index < -0.39 is 28.8 Å². The molecule has 1 saturated heterocycles. The first-order valence-electron chi connectivity index (χ1n) is 13.0. The number of nitrogens with zero attached hydrogens (tertiary/aromatic N) is 2. The first kappa shape index (κ1) is 25.0. The number of rotatable bonds is 4. The summed E-state index contributed by atoms with van der Waals surface area (Å²) in [6.45, 7) is 5.55. The second kappa shape index (κ2) is 8.63. The zero-order valence-corrected chi connectivity index (χ0v) is 22.6. The van der Waals surface area contributed by atoms with Crippen molar-refractivity contribution in [1.29, 1.82) is 0 Å². The van der Waals surface area contributed by atoms with E-state index in [1.54, 1.807) is 47.6 Å². The molecule has 1 spiro atoms. The number of hydrogen-bond acceptors (Lipinski definition) is 7. The topological polar surface area (TPSA) is 85.3 Å². The summed E-state index contributed by atoms with van der Waals surface area (Å²) in [5, 5.41) is 6.49. The molecule has 198 valence electrons. The first-order chi connectivity index (χ1) is 18.7. The van der Waals surface area contributed by atoms with Crippen LogP contribution in [0, 0.1) is 10.8 Å². The van der Waals surface area contributed by atoms with E-state index in [0.717, 1.165) is 11.1 Å². The third-order valence-electron chi connectivity index (χ3n) is 8.35. The molecule has 0 N–H and O–H groups in total. The summed E-state index contributed by atoms with van der Waals surface area (Å²) in [6, 6.07) is 18.2. The molecule has 0 bridgehead atoms. The van der Waals surface area contributed by atoms with Crippen molar-refractivity contribution >= 4 is 23.6 Å². The summed E-state index contributed by atoms with van der Waals surface area (Å²) in [6.07, 6.45) is 1.71. The zero-order valence-electron chi connectivity index (χ0n) is 22.6. The highest BCUT2D eigenvalue weighted by Crippen LogP contribution is 2.66. The van der Waals surface area contributed by atoms with Gasteiger partial charge in [0.15, 0.2) is 28.8 Å². The van der Waals surface area contributed by atoms with Crippen LogP contribution in [0.2, 0.25) is 0 Å². The Labute approximate surface area is 227 Å². The molecule has 0 saturated carbocycles. The smallest absolute Gasteiger partial charge is 0.180 e. The van der Waals surface area contributed by atoms with Crippen LogP contribution in [0.4, 0.5) is 0 Å². The number of ether oxygens (including phenoxy) is 2. The Bertz CT molecular complexity index is 1530. The molecule has 3 aromatic rings. The zero-order chi connectivity index (χ0) is 27.7. The van der Waals surface area contributed by atoms with Gasteiger partial charge in [-0.05, 0) is 17.2 Å². The van der Waals surface area contributed by atoms with Crippen molar-refractivity contribution in [2.24, 2.45) is 15.9 Å². The van der Waals surface area contributed by atoms with Gasteiger partial charge in [0.05, 0.1) is 26.5 Å². The van der Waals surface area contributed by atoms with Gasteiger partial charge in [0, 0.05) is 28.0 Å². The van der Waals surface area contributed by atoms with Crippen LogP contribution in [-0.4, -0.2) is 48.8 Å². The fourth-order valence-electron chi connectivity index (χ4n) is 6.72. The Morgan fingerprint density at radius 2 is 1.46 bits per heavy atom. The number of hydrazone groups is 1. The monoisotopic (exact) mass is 522 g/mol. The van der Waals surface area contributed by atoms with Gasteiger partial charge in [-0.1, -0.05) is 81.4 Å². The minimum Gasteiger partial charge on any atom is -0.493 e. The largest absolute Gasteiger partial charge is 0.493 e. The molecule has 3 aromatic carbocycles. The van der Waals surface area contributed by atoms with Crippen LogP contribution in [-0.2, 0) is 4.79 Å². The maximum Gasteiger partial charge on any atom is 0.180 e. The van der Waals surface area contributed by atoms with Gasteiger partial charge in [0.1, 0.15) is 11.5 Å². The molecule has 7 nitrogen and oxygen atoms in total. The minimum atomic E-state index is -1.65. The molecule has 3 atom stereocenters. The number of carbonyl (C=O) groups is 3. The molecule has 0 radical (unpaired) electrons. The third-order valence-corrected chi connectivity index (χ3v) is 8.35. The van der Waals surface area contributed by atoms with Crippen LogP contribution in [0.15, 0.2) is 71.8 Å². The molecular formula is C32H30N2O5. The highest BCUT2D eigenvalue weighted by molar-refractivity contribution is 6.31. The van der Waals surface area contributed by atoms with Crippen molar-refractivity contribution in [1.82, 2.24) is 5.01 Å². The van der Waals surface area contributed by atoms with Gasteiger partial charge >= 0.3 is 0 Å². The standard InChI is InChI=1S/C32H30N2O5/c1-31(2,3)30(37)25-24(22-15-10-16-23(38-4)26(22)39-5)32(28(35)20-13-8-9-14-21(20)29(32)36)27-19-12-7-6-11-18(19)17-33-34(25)27/h6-17,24-25,27H,1-5H3/t24-,25+,27+/m0/s1. The van der Waals surface area contributed by atoms with Crippen LogP contribution in [0.25, 0.3) is 0 Å². The Balaban J connectivity index is 1.75. The Morgan fingerprint density at radius 3 is 2.08 bits per heavy atom. The fourth-order valence-corrected chi connectivity index (χ4v) is 6.72. The Morgan fingerprint density at radius 1 is 0.846 bits per heavy atom. The molecule has 0 amide bonds. The lowest BCUT2D eigenvalue weighted by Crippen LogP contribution is -2.45. The van der Waals surface area contributed by atoms with Crippen LogP contribution in [0.1, 0.15) is 70.1 Å². The molecule has 0 unspecified atom stereocenters. The molecule has 39 heavy (non-hydrogen) atoms. The van der Waals surface area contributed by atoms with Crippen molar-refractivity contribution in [3.63, 3.8) is 0 Å². The van der Waals surface area contributed by atoms with E-state index >= 15 is 0 Å². The number of ketones is 3. The second-order valence-corrected chi connectivity index (χ2v) is 11.3.